The summed E-state index contributed by atoms with van der Waals surface area (Å²) < 4.78 is 38.4. The lowest BCUT2D eigenvalue weighted by atomic mass is 10.2. The van der Waals surface area contributed by atoms with E-state index in [4.69, 9.17) is 11.6 Å². The molecular formula is C8H8ClFO3S. The molecule has 1 aromatic rings. The Labute approximate surface area is 86.6 Å². The molecule has 0 aliphatic rings. The molecule has 0 N–H and O–H groups in total. The van der Waals surface area contributed by atoms with E-state index in [1.165, 1.54) is 12.1 Å². The zero-order valence-electron chi connectivity index (χ0n) is 7.33. The average molecular weight is 239 g/mol. The molecule has 0 saturated carbocycles. The van der Waals surface area contributed by atoms with Gasteiger partial charge in [0, 0.05) is 0 Å². The van der Waals surface area contributed by atoms with Gasteiger partial charge in [0.25, 0.3) is 10.1 Å². The van der Waals surface area contributed by atoms with Crippen molar-refractivity contribution in [1.82, 2.24) is 0 Å². The predicted molar refractivity (Wildman–Crippen MR) is 51.0 cm³/mol. The number of halogens is 2. The van der Waals surface area contributed by atoms with Gasteiger partial charge in [0.15, 0.2) is 0 Å². The maximum atomic E-state index is 12.7. The van der Waals surface area contributed by atoms with E-state index in [1.807, 2.05) is 0 Å². The molecule has 0 fully saturated rings. The van der Waals surface area contributed by atoms with Crippen molar-refractivity contribution in [2.45, 2.75) is 6.61 Å². The lowest BCUT2D eigenvalue weighted by Gasteiger charge is -2.02. The molecule has 0 heterocycles. The van der Waals surface area contributed by atoms with Crippen LogP contribution in [-0.4, -0.2) is 14.7 Å². The first kappa shape index (κ1) is 11.4. The van der Waals surface area contributed by atoms with E-state index >= 15 is 0 Å². The van der Waals surface area contributed by atoms with Gasteiger partial charge in [-0.05, 0) is 17.7 Å². The molecule has 1 aromatic carbocycles. The van der Waals surface area contributed by atoms with Crippen LogP contribution in [0.1, 0.15) is 5.56 Å². The first-order valence-corrected chi connectivity index (χ1v) is 5.86. The van der Waals surface area contributed by atoms with Crippen LogP contribution in [-0.2, 0) is 20.9 Å². The van der Waals surface area contributed by atoms with Crippen LogP contribution < -0.4 is 0 Å². The first-order chi connectivity index (χ1) is 6.38. The summed E-state index contributed by atoms with van der Waals surface area (Å²) in [5, 5.41) is -0.0559. The highest BCUT2D eigenvalue weighted by Crippen LogP contribution is 2.16. The third kappa shape index (κ3) is 3.61. The van der Waals surface area contributed by atoms with E-state index in [0.717, 1.165) is 12.3 Å². The van der Waals surface area contributed by atoms with Gasteiger partial charge in [-0.25, -0.2) is 4.39 Å². The molecule has 0 bridgehead atoms. The topological polar surface area (TPSA) is 43.4 Å². The third-order valence-electron chi connectivity index (χ3n) is 1.42. The minimum Gasteiger partial charge on any atom is -0.265 e. The fraction of sp³-hybridized carbons (Fsp3) is 0.250. The van der Waals surface area contributed by atoms with Gasteiger partial charge in [-0.1, -0.05) is 17.7 Å². The van der Waals surface area contributed by atoms with Gasteiger partial charge in [-0.15, -0.1) is 0 Å². The minimum absolute atomic E-state index is 0.0559. The largest absolute Gasteiger partial charge is 0.265 e. The summed E-state index contributed by atoms with van der Waals surface area (Å²) in [5.74, 6) is -0.547. The summed E-state index contributed by atoms with van der Waals surface area (Å²) in [7, 11) is -3.48. The maximum Gasteiger partial charge on any atom is 0.264 e. The van der Waals surface area contributed by atoms with Crippen LogP contribution in [0.15, 0.2) is 18.2 Å². The summed E-state index contributed by atoms with van der Waals surface area (Å²) in [5.41, 5.74) is 0.502. The average Bonchev–Trinajstić information content (AvgIpc) is 2.06. The molecule has 0 aliphatic heterocycles. The summed E-state index contributed by atoms with van der Waals surface area (Å²) in [6.07, 6.45) is 0.943. The van der Waals surface area contributed by atoms with Crippen molar-refractivity contribution < 1.29 is 17.0 Å². The van der Waals surface area contributed by atoms with Crippen molar-refractivity contribution in [3.63, 3.8) is 0 Å². The number of rotatable bonds is 3. The van der Waals surface area contributed by atoms with Crippen molar-refractivity contribution in [3.8, 4) is 0 Å². The van der Waals surface area contributed by atoms with E-state index < -0.39 is 15.9 Å². The zero-order valence-corrected chi connectivity index (χ0v) is 8.90. The molecule has 78 valence electrons. The standard InChI is InChI=1S/C8H8ClFO3S/c1-14(11,12)13-5-6-2-3-8(10)7(9)4-6/h2-4H,5H2,1H3. The lowest BCUT2D eigenvalue weighted by molar-refractivity contribution is 0.311. The van der Waals surface area contributed by atoms with Crippen LogP contribution in [0.4, 0.5) is 4.39 Å². The molecule has 0 amide bonds. The summed E-state index contributed by atoms with van der Waals surface area (Å²) in [6, 6.07) is 3.89. The van der Waals surface area contributed by atoms with Crippen LogP contribution in [0.3, 0.4) is 0 Å². The van der Waals surface area contributed by atoms with Crippen LogP contribution in [0.2, 0.25) is 5.02 Å². The fourth-order valence-electron chi connectivity index (χ4n) is 0.804. The number of benzene rings is 1. The second-order valence-electron chi connectivity index (χ2n) is 2.71. The molecule has 0 aliphatic carbocycles. The monoisotopic (exact) mass is 238 g/mol. The van der Waals surface area contributed by atoms with Crippen molar-refractivity contribution in [3.05, 3.63) is 34.6 Å². The van der Waals surface area contributed by atoms with Gasteiger partial charge in [-0.2, -0.15) is 8.42 Å². The van der Waals surface area contributed by atoms with Gasteiger partial charge in [0.2, 0.25) is 0 Å². The Balaban J connectivity index is 2.74. The quantitative estimate of drug-likeness (QED) is 0.756. The number of hydrogen-bond donors (Lipinski definition) is 0. The second kappa shape index (κ2) is 4.25. The van der Waals surface area contributed by atoms with Crippen molar-refractivity contribution in [2.75, 3.05) is 6.26 Å². The highest BCUT2D eigenvalue weighted by molar-refractivity contribution is 7.85. The summed E-state index contributed by atoms with van der Waals surface area (Å²) >= 11 is 5.48. The van der Waals surface area contributed by atoms with Crippen molar-refractivity contribution in [2.24, 2.45) is 0 Å². The Morgan fingerprint density at radius 1 is 1.50 bits per heavy atom. The molecule has 1 rings (SSSR count). The van der Waals surface area contributed by atoms with Gasteiger partial charge in [-0.3, -0.25) is 4.18 Å². The molecule has 3 nitrogen and oxygen atoms in total. The Hall–Kier alpha value is -0.650. The zero-order chi connectivity index (χ0) is 10.8. The van der Waals surface area contributed by atoms with E-state index in [-0.39, 0.29) is 11.6 Å². The molecule has 0 spiro atoms. The lowest BCUT2D eigenvalue weighted by Crippen LogP contribution is -2.02. The van der Waals surface area contributed by atoms with Crippen LogP contribution in [0.25, 0.3) is 0 Å². The van der Waals surface area contributed by atoms with Crippen molar-refractivity contribution >= 4 is 21.7 Å². The van der Waals surface area contributed by atoms with E-state index in [2.05, 4.69) is 4.18 Å². The molecule has 0 unspecified atom stereocenters. The third-order valence-corrected chi connectivity index (χ3v) is 2.26. The molecule has 0 saturated heterocycles. The molecule has 0 aromatic heterocycles. The molecular weight excluding hydrogens is 231 g/mol. The van der Waals surface area contributed by atoms with Gasteiger partial charge in [0.1, 0.15) is 5.82 Å². The molecule has 6 heteroatoms. The van der Waals surface area contributed by atoms with Crippen LogP contribution >= 0.6 is 11.6 Å². The Kier molecular flexibility index (Phi) is 3.47. The minimum atomic E-state index is -3.48. The normalized spacial score (nSPS) is 11.6. The summed E-state index contributed by atoms with van der Waals surface area (Å²) in [6.45, 7) is -0.140. The Bertz CT molecular complexity index is 430. The fourth-order valence-corrected chi connectivity index (χ4v) is 1.36. The predicted octanol–water partition coefficient (Wildman–Crippen LogP) is 1.96. The van der Waals surface area contributed by atoms with E-state index in [0.29, 0.717) is 5.56 Å². The van der Waals surface area contributed by atoms with E-state index in [9.17, 15) is 12.8 Å². The Morgan fingerprint density at radius 2 is 2.14 bits per heavy atom. The Morgan fingerprint density at radius 3 is 2.64 bits per heavy atom. The first-order valence-electron chi connectivity index (χ1n) is 3.67. The van der Waals surface area contributed by atoms with Crippen LogP contribution in [0, 0.1) is 5.82 Å². The van der Waals surface area contributed by atoms with Gasteiger partial charge >= 0.3 is 0 Å². The molecule has 0 atom stereocenters. The number of hydrogen-bond acceptors (Lipinski definition) is 3. The maximum absolute atomic E-state index is 12.7. The summed E-state index contributed by atoms with van der Waals surface area (Å²) in [4.78, 5) is 0. The van der Waals surface area contributed by atoms with Gasteiger partial charge < -0.3 is 0 Å². The molecule has 0 radical (unpaired) electrons. The highest BCUT2D eigenvalue weighted by Gasteiger charge is 2.05. The van der Waals surface area contributed by atoms with Crippen molar-refractivity contribution in [1.29, 1.82) is 0 Å². The second-order valence-corrected chi connectivity index (χ2v) is 4.77. The van der Waals surface area contributed by atoms with Crippen LogP contribution in [0.5, 0.6) is 0 Å². The molecule has 14 heavy (non-hydrogen) atoms. The smallest absolute Gasteiger partial charge is 0.264 e. The SMILES string of the molecule is CS(=O)(=O)OCc1ccc(F)c(Cl)c1. The van der Waals surface area contributed by atoms with E-state index in [1.54, 1.807) is 0 Å². The highest BCUT2D eigenvalue weighted by atomic mass is 35.5. The van der Waals surface area contributed by atoms with Gasteiger partial charge in [0.05, 0.1) is 17.9 Å².